The molecule has 1 amide bonds. The van der Waals surface area contributed by atoms with Crippen LogP contribution in [0.1, 0.15) is 25.0 Å². The molecule has 23 heavy (non-hydrogen) atoms. The zero-order chi connectivity index (χ0) is 16.1. The molecule has 0 atom stereocenters. The van der Waals surface area contributed by atoms with Gasteiger partial charge < -0.3 is 19.5 Å². The highest BCUT2D eigenvalue weighted by atomic mass is 16.5. The second kappa shape index (κ2) is 7.13. The third-order valence-corrected chi connectivity index (χ3v) is 3.73. The van der Waals surface area contributed by atoms with E-state index in [1.165, 1.54) is 19.3 Å². The molecule has 1 fully saturated rings. The maximum absolute atomic E-state index is 12.1. The third-order valence-electron chi connectivity index (χ3n) is 3.73. The summed E-state index contributed by atoms with van der Waals surface area (Å²) in [6, 6.07) is 3.57. The van der Waals surface area contributed by atoms with E-state index in [2.05, 4.69) is 20.4 Å². The lowest BCUT2D eigenvalue weighted by Gasteiger charge is -2.30. The zero-order valence-electron chi connectivity index (χ0n) is 13.1. The lowest BCUT2D eigenvalue weighted by molar-refractivity contribution is -0.118. The van der Waals surface area contributed by atoms with Crippen LogP contribution in [0, 0.1) is 6.92 Å². The van der Waals surface area contributed by atoms with Crippen molar-refractivity contribution in [1.82, 2.24) is 10.1 Å². The van der Waals surface area contributed by atoms with Gasteiger partial charge in [0, 0.05) is 25.4 Å². The number of hydrogen-bond donors (Lipinski definition) is 1. The van der Waals surface area contributed by atoms with Crippen LogP contribution in [0.25, 0.3) is 0 Å². The fourth-order valence-corrected chi connectivity index (χ4v) is 2.63. The number of aryl methyl sites for hydroxylation is 1. The van der Waals surface area contributed by atoms with Crippen LogP contribution in [-0.2, 0) is 4.79 Å². The number of piperidine rings is 1. The van der Waals surface area contributed by atoms with E-state index in [-0.39, 0.29) is 12.5 Å². The molecule has 0 radical (unpaired) electrons. The highest BCUT2D eigenvalue weighted by Gasteiger charge is 2.16. The van der Waals surface area contributed by atoms with E-state index in [1.807, 2.05) is 6.07 Å². The fraction of sp³-hybridized carbons (Fsp3) is 0.438. The zero-order valence-corrected chi connectivity index (χ0v) is 13.1. The van der Waals surface area contributed by atoms with Gasteiger partial charge in [0.05, 0.1) is 17.6 Å². The number of ether oxygens (including phenoxy) is 1. The Morgan fingerprint density at radius 2 is 2.22 bits per heavy atom. The molecule has 0 spiro atoms. The number of aromatic nitrogens is 2. The molecule has 7 nitrogen and oxygen atoms in total. The molecule has 1 aliphatic rings. The lowest BCUT2D eigenvalue weighted by Crippen LogP contribution is -2.31. The Morgan fingerprint density at radius 3 is 2.96 bits per heavy atom. The van der Waals surface area contributed by atoms with Crippen molar-refractivity contribution in [1.29, 1.82) is 0 Å². The van der Waals surface area contributed by atoms with Crippen molar-refractivity contribution < 1.29 is 14.1 Å². The van der Waals surface area contributed by atoms with Gasteiger partial charge in [0.15, 0.2) is 6.61 Å². The summed E-state index contributed by atoms with van der Waals surface area (Å²) >= 11 is 0. The maximum atomic E-state index is 12.1. The number of pyridine rings is 1. The van der Waals surface area contributed by atoms with Crippen molar-refractivity contribution in [3.05, 3.63) is 30.3 Å². The molecule has 0 aromatic carbocycles. The van der Waals surface area contributed by atoms with Crippen LogP contribution in [0.2, 0.25) is 0 Å². The van der Waals surface area contributed by atoms with Crippen LogP contribution >= 0.6 is 0 Å². The van der Waals surface area contributed by atoms with Gasteiger partial charge >= 0.3 is 0 Å². The van der Waals surface area contributed by atoms with E-state index in [4.69, 9.17) is 9.26 Å². The Hall–Kier alpha value is -2.57. The average Bonchev–Trinajstić information content (AvgIpc) is 3.00. The molecule has 0 aliphatic carbocycles. The van der Waals surface area contributed by atoms with Crippen molar-refractivity contribution in [3.8, 4) is 5.88 Å². The summed E-state index contributed by atoms with van der Waals surface area (Å²) in [7, 11) is 0. The minimum absolute atomic E-state index is 0.125. The summed E-state index contributed by atoms with van der Waals surface area (Å²) in [4.78, 5) is 18.5. The molecule has 2 aromatic rings. The minimum atomic E-state index is -0.253. The van der Waals surface area contributed by atoms with Gasteiger partial charge in [0.2, 0.25) is 0 Å². The largest absolute Gasteiger partial charge is 0.465 e. The van der Waals surface area contributed by atoms with Gasteiger partial charge in [-0.15, -0.1) is 0 Å². The number of carbonyl (C=O) groups excluding carboxylic acids is 1. The first-order chi connectivity index (χ1) is 11.2. The number of nitrogens with one attached hydrogen (secondary N) is 1. The number of amides is 1. The maximum Gasteiger partial charge on any atom is 0.262 e. The molecule has 7 heteroatoms. The van der Waals surface area contributed by atoms with Crippen LogP contribution in [0.3, 0.4) is 0 Å². The highest BCUT2D eigenvalue weighted by molar-refractivity contribution is 5.95. The molecule has 3 heterocycles. The Kier molecular flexibility index (Phi) is 4.75. The van der Waals surface area contributed by atoms with E-state index in [0.717, 1.165) is 18.8 Å². The third kappa shape index (κ3) is 4.00. The normalized spacial score (nSPS) is 14.6. The van der Waals surface area contributed by atoms with Crippen LogP contribution in [0.4, 0.5) is 11.4 Å². The quantitative estimate of drug-likeness (QED) is 0.912. The molecule has 1 saturated heterocycles. The standard InChI is InChI=1S/C16H20N4O3/c1-12-9-16(19-23-12)22-11-15(21)18-13-10-17-6-5-14(13)20-7-3-2-4-8-20/h5-6,9-10H,2-4,7-8,11H2,1H3,(H,18,21). The first kappa shape index (κ1) is 15.3. The SMILES string of the molecule is Cc1cc(OCC(=O)Nc2cnccc2N2CCCCC2)no1. The monoisotopic (exact) mass is 316 g/mol. The van der Waals surface area contributed by atoms with Crippen LogP contribution in [0.5, 0.6) is 5.88 Å². The summed E-state index contributed by atoms with van der Waals surface area (Å²) in [5.41, 5.74) is 1.71. The second-order valence-corrected chi connectivity index (χ2v) is 5.55. The van der Waals surface area contributed by atoms with Crippen molar-refractivity contribution in [2.75, 3.05) is 29.9 Å². The molecule has 1 aliphatic heterocycles. The number of anilines is 2. The van der Waals surface area contributed by atoms with Crippen LogP contribution < -0.4 is 15.0 Å². The van der Waals surface area contributed by atoms with Crippen LogP contribution in [-0.4, -0.2) is 35.7 Å². The van der Waals surface area contributed by atoms with E-state index in [0.29, 0.717) is 17.3 Å². The highest BCUT2D eigenvalue weighted by Crippen LogP contribution is 2.27. The Morgan fingerprint density at radius 1 is 1.39 bits per heavy atom. The van der Waals surface area contributed by atoms with Gasteiger partial charge in [0.1, 0.15) is 5.76 Å². The Labute approximate surface area is 134 Å². The first-order valence-electron chi connectivity index (χ1n) is 7.77. The van der Waals surface area contributed by atoms with Gasteiger partial charge in [-0.1, -0.05) is 0 Å². The van der Waals surface area contributed by atoms with Gasteiger partial charge in [-0.2, -0.15) is 0 Å². The summed E-state index contributed by atoms with van der Waals surface area (Å²) in [6.45, 7) is 3.64. The van der Waals surface area contributed by atoms with Gasteiger partial charge in [-0.05, 0) is 37.4 Å². The molecule has 0 bridgehead atoms. The van der Waals surface area contributed by atoms with Crippen LogP contribution in [0.15, 0.2) is 29.0 Å². The molecular weight excluding hydrogens is 296 g/mol. The Bertz CT molecular complexity index is 665. The minimum Gasteiger partial charge on any atom is -0.465 e. The molecule has 3 rings (SSSR count). The number of nitrogens with zero attached hydrogens (tertiary/aromatic N) is 3. The van der Waals surface area contributed by atoms with E-state index in [9.17, 15) is 4.79 Å². The van der Waals surface area contributed by atoms with Gasteiger partial charge in [0.25, 0.3) is 11.8 Å². The number of rotatable bonds is 5. The van der Waals surface area contributed by atoms with Crippen molar-refractivity contribution >= 4 is 17.3 Å². The number of carbonyl (C=O) groups is 1. The topological polar surface area (TPSA) is 80.5 Å². The number of hydrogen-bond acceptors (Lipinski definition) is 6. The fourth-order valence-electron chi connectivity index (χ4n) is 2.63. The molecule has 0 saturated carbocycles. The first-order valence-corrected chi connectivity index (χ1v) is 7.77. The predicted molar refractivity (Wildman–Crippen MR) is 85.7 cm³/mol. The summed E-state index contributed by atoms with van der Waals surface area (Å²) in [5, 5.41) is 6.55. The van der Waals surface area contributed by atoms with Crippen molar-refractivity contribution in [2.45, 2.75) is 26.2 Å². The predicted octanol–water partition coefficient (Wildman–Crippen LogP) is 2.39. The molecule has 122 valence electrons. The van der Waals surface area contributed by atoms with Crippen molar-refractivity contribution in [3.63, 3.8) is 0 Å². The molecular formula is C16H20N4O3. The molecule has 0 unspecified atom stereocenters. The smallest absolute Gasteiger partial charge is 0.262 e. The van der Waals surface area contributed by atoms with E-state index >= 15 is 0 Å². The summed E-state index contributed by atoms with van der Waals surface area (Å²) in [6.07, 6.45) is 7.01. The average molecular weight is 316 g/mol. The molecule has 1 N–H and O–H groups in total. The van der Waals surface area contributed by atoms with Crippen molar-refractivity contribution in [2.24, 2.45) is 0 Å². The second-order valence-electron chi connectivity index (χ2n) is 5.55. The van der Waals surface area contributed by atoms with E-state index < -0.39 is 0 Å². The summed E-state index contributed by atoms with van der Waals surface area (Å²) < 4.78 is 10.2. The van der Waals surface area contributed by atoms with E-state index in [1.54, 1.807) is 25.4 Å². The van der Waals surface area contributed by atoms with Gasteiger partial charge in [-0.3, -0.25) is 9.78 Å². The summed E-state index contributed by atoms with van der Waals surface area (Å²) in [5.74, 6) is 0.692. The Balaban J connectivity index is 1.61. The molecule has 2 aromatic heterocycles. The van der Waals surface area contributed by atoms with Gasteiger partial charge in [-0.25, -0.2) is 0 Å². The lowest BCUT2D eigenvalue weighted by atomic mass is 10.1.